The van der Waals surface area contributed by atoms with Gasteiger partial charge in [0, 0.05) is 29.1 Å². The van der Waals surface area contributed by atoms with Crippen LogP contribution in [0.3, 0.4) is 0 Å². The molecule has 4 nitrogen and oxygen atoms in total. The van der Waals surface area contributed by atoms with Gasteiger partial charge in [-0.3, -0.25) is 9.59 Å². The van der Waals surface area contributed by atoms with E-state index >= 15 is 0 Å². The molecule has 0 radical (unpaired) electrons. The second-order valence-corrected chi connectivity index (χ2v) is 9.91. The monoisotopic (exact) mass is 496 g/mol. The maximum atomic E-state index is 13.5. The summed E-state index contributed by atoms with van der Waals surface area (Å²) in [4.78, 5) is 28.2. The number of hydrogen-bond donors (Lipinski definition) is 1. The second-order valence-electron chi connectivity index (χ2n) is 9.06. The van der Waals surface area contributed by atoms with Crippen molar-refractivity contribution < 1.29 is 9.59 Å². The predicted molar refractivity (Wildman–Crippen MR) is 139 cm³/mol. The fourth-order valence-electron chi connectivity index (χ4n) is 4.70. The smallest absolute Gasteiger partial charge is 0.242 e. The van der Waals surface area contributed by atoms with Crippen LogP contribution >= 0.6 is 23.2 Å². The van der Waals surface area contributed by atoms with Gasteiger partial charge in [-0.15, -0.1) is 0 Å². The van der Waals surface area contributed by atoms with Crippen LogP contribution in [0.2, 0.25) is 10.0 Å². The van der Waals surface area contributed by atoms with E-state index in [4.69, 9.17) is 23.2 Å². The lowest BCUT2D eigenvalue weighted by Crippen LogP contribution is -2.49. The molecule has 1 fully saturated rings. The summed E-state index contributed by atoms with van der Waals surface area (Å²) in [5.41, 5.74) is 1.89. The van der Waals surface area contributed by atoms with Crippen LogP contribution < -0.4 is 5.32 Å². The van der Waals surface area contributed by atoms with Gasteiger partial charge in [0.15, 0.2) is 0 Å². The van der Waals surface area contributed by atoms with Gasteiger partial charge in [-0.25, -0.2) is 0 Å². The Hall–Kier alpha value is -2.56. The van der Waals surface area contributed by atoms with Crippen molar-refractivity contribution >= 4 is 45.8 Å². The number of rotatable bonds is 8. The number of halogens is 2. The Morgan fingerprint density at radius 1 is 1.00 bits per heavy atom. The fraction of sp³-hybridized carbons (Fsp3) is 0.357. The Morgan fingerprint density at radius 2 is 1.74 bits per heavy atom. The van der Waals surface area contributed by atoms with Crippen molar-refractivity contribution in [3.63, 3.8) is 0 Å². The van der Waals surface area contributed by atoms with E-state index in [-0.39, 0.29) is 24.4 Å². The molecule has 0 aliphatic heterocycles. The predicted octanol–water partition coefficient (Wildman–Crippen LogP) is 6.56. The molecule has 6 heteroatoms. The van der Waals surface area contributed by atoms with Gasteiger partial charge in [-0.2, -0.15) is 0 Å². The van der Waals surface area contributed by atoms with Gasteiger partial charge in [0.05, 0.1) is 0 Å². The van der Waals surface area contributed by atoms with Crippen molar-refractivity contribution in [3.05, 3.63) is 81.8 Å². The number of carbonyl (C=O) groups excluding carboxylic acids is 2. The zero-order chi connectivity index (χ0) is 24.1. The van der Waals surface area contributed by atoms with E-state index in [0.29, 0.717) is 22.9 Å². The van der Waals surface area contributed by atoms with Crippen LogP contribution in [0, 0.1) is 0 Å². The van der Waals surface area contributed by atoms with Crippen LogP contribution in [0.15, 0.2) is 60.7 Å². The SMILES string of the molecule is C[C@H](C(=O)NC1CCCC1)N(Cc1ccc(Cl)cc1Cl)C(=O)CCc1cccc2ccccc12. The molecule has 34 heavy (non-hydrogen) atoms. The lowest BCUT2D eigenvalue weighted by atomic mass is 10.0. The van der Waals surface area contributed by atoms with E-state index in [0.717, 1.165) is 47.6 Å². The Labute approximate surface area is 211 Å². The van der Waals surface area contributed by atoms with Gasteiger partial charge in [-0.05, 0) is 60.2 Å². The fourth-order valence-corrected chi connectivity index (χ4v) is 5.17. The summed E-state index contributed by atoms with van der Waals surface area (Å²) >= 11 is 12.5. The van der Waals surface area contributed by atoms with E-state index in [1.807, 2.05) is 24.3 Å². The molecule has 0 unspecified atom stereocenters. The minimum atomic E-state index is -0.604. The molecule has 3 aromatic rings. The molecule has 1 N–H and O–H groups in total. The summed E-state index contributed by atoms with van der Waals surface area (Å²) in [7, 11) is 0. The number of nitrogens with one attached hydrogen (secondary N) is 1. The summed E-state index contributed by atoms with van der Waals surface area (Å²) < 4.78 is 0. The third-order valence-electron chi connectivity index (χ3n) is 6.71. The second kappa shape index (κ2) is 11.2. The van der Waals surface area contributed by atoms with Gasteiger partial charge in [0.25, 0.3) is 0 Å². The maximum Gasteiger partial charge on any atom is 0.242 e. The molecule has 1 aliphatic carbocycles. The first-order valence-electron chi connectivity index (χ1n) is 11.9. The Kier molecular flexibility index (Phi) is 8.12. The lowest BCUT2D eigenvalue weighted by Gasteiger charge is -2.30. The first kappa shape index (κ1) is 24.6. The molecule has 0 spiro atoms. The minimum Gasteiger partial charge on any atom is -0.352 e. The average Bonchev–Trinajstić information content (AvgIpc) is 3.34. The molecule has 0 heterocycles. The van der Waals surface area contributed by atoms with Gasteiger partial charge in [-0.1, -0.05) is 84.6 Å². The van der Waals surface area contributed by atoms with Crippen LogP contribution in [-0.4, -0.2) is 28.8 Å². The molecule has 1 atom stereocenters. The molecule has 4 rings (SSSR count). The van der Waals surface area contributed by atoms with Crippen LogP contribution in [0.1, 0.15) is 50.2 Å². The molecule has 1 saturated carbocycles. The molecule has 0 bridgehead atoms. The van der Waals surface area contributed by atoms with Crippen molar-refractivity contribution in [2.45, 2.75) is 64.1 Å². The largest absolute Gasteiger partial charge is 0.352 e. The maximum absolute atomic E-state index is 13.5. The van der Waals surface area contributed by atoms with Crippen LogP contribution in [-0.2, 0) is 22.6 Å². The number of fused-ring (bicyclic) bond motifs is 1. The highest BCUT2D eigenvalue weighted by atomic mass is 35.5. The summed E-state index contributed by atoms with van der Waals surface area (Å²) in [6.45, 7) is 2.05. The highest BCUT2D eigenvalue weighted by Gasteiger charge is 2.28. The summed E-state index contributed by atoms with van der Waals surface area (Å²) in [6, 6.07) is 19.2. The number of aryl methyl sites for hydroxylation is 1. The summed E-state index contributed by atoms with van der Waals surface area (Å²) in [6.07, 6.45) is 5.16. The minimum absolute atomic E-state index is 0.0759. The van der Waals surface area contributed by atoms with Crippen molar-refractivity contribution in [2.75, 3.05) is 0 Å². The highest BCUT2D eigenvalue weighted by Crippen LogP contribution is 2.25. The third-order valence-corrected chi connectivity index (χ3v) is 7.30. The number of hydrogen-bond acceptors (Lipinski definition) is 2. The van der Waals surface area contributed by atoms with Crippen molar-refractivity contribution in [2.24, 2.45) is 0 Å². The van der Waals surface area contributed by atoms with Crippen molar-refractivity contribution in [3.8, 4) is 0 Å². The van der Waals surface area contributed by atoms with Crippen molar-refractivity contribution in [1.29, 1.82) is 0 Å². The number of benzene rings is 3. The van der Waals surface area contributed by atoms with Gasteiger partial charge < -0.3 is 10.2 Å². The number of carbonyl (C=O) groups is 2. The molecular weight excluding hydrogens is 467 g/mol. The molecule has 178 valence electrons. The molecular formula is C28H30Cl2N2O2. The van der Waals surface area contributed by atoms with Crippen LogP contribution in [0.4, 0.5) is 0 Å². The number of nitrogens with zero attached hydrogens (tertiary/aromatic N) is 1. The number of amides is 2. The first-order chi connectivity index (χ1) is 16.4. The quantitative estimate of drug-likeness (QED) is 0.384. The normalized spacial score (nSPS) is 14.8. The molecule has 3 aromatic carbocycles. The summed E-state index contributed by atoms with van der Waals surface area (Å²) in [5, 5.41) is 6.46. The Bertz CT molecular complexity index is 1170. The van der Waals surface area contributed by atoms with E-state index in [1.54, 1.807) is 24.0 Å². The standard InChI is InChI=1S/C28H30Cl2N2O2/c1-19(28(34)31-24-10-3-4-11-24)32(18-22-13-15-23(29)17-26(22)30)27(33)16-14-21-9-6-8-20-7-2-5-12-25(20)21/h2,5-9,12-13,15,17,19,24H,3-4,10-11,14,16,18H2,1H3,(H,31,34)/t19-/m1/s1. The molecule has 1 aliphatic rings. The summed E-state index contributed by atoms with van der Waals surface area (Å²) in [5.74, 6) is -0.191. The topological polar surface area (TPSA) is 49.4 Å². The van der Waals surface area contributed by atoms with Crippen molar-refractivity contribution in [1.82, 2.24) is 10.2 Å². The average molecular weight is 497 g/mol. The van der Waals surface area contributed by atoms with Gasteiger partial charge in [0.2, 0.25) is 11.8 Å². The van der Waals surface area contributed by atoms with Crippen LogP contribution in [0.5, 0.6) is 0 Å². The zero-order valence-corrected chi connectivity index (χ0v) is 20.9. The Morgan fingerprint density at radius 3 is 2.50 bits per heavy atom. The van der Waals surface area contributed by atoms with Gasteiger partial charge in [0.1, 0.15) is 6.04 Å². The lowest BCUT2D eigenvalue weighted by molar-refractivity contribution is -0.140. The van der Waals surface area contributed by atoms with E-state index < -0.39 is 6.04 Å². The van der Waals surface area contributed by atoms with E-state index in [2.05, 4.69) is 29.6 Å². The van der Waals surface area contributed by atoms with Crippen LogP contribution in [0.25, 0.3) is 10.8 Å². The first-order valence-corrected chi connectivity index (χ1v) is 12.7. The van der Waals surface area contributed by atoms with Gasteiger partial charge >= 0.3 is 0 Å². The third kappa shape index (κ3) is 5.92. The molecule has 0 saturated heterocycles. The van der Waals surface area contributed by atoms with E-state index in [9.17, 15) is 9.59 Å². The Balaban J connectivity index is 1.52. The molecule has 2 amide bonds. The molecule has 0 aromatic heterocycles. The highest BCUT2D eigenvalue weighted by molar-refractivity contribution is 6.35. The van der Waals surface area contributed by atoms with E-state index in [1.165, 1.54) is 0 Å². The zero-order valence-electron chi connectivity index (χ0n) is 19.4.